The van der Waals surface area contributed by atoms with Gasteiger partial charge in [-0.1, -0.05) is 28.6 Å². The van der Waals surface area contributed by atoms with Crippen LogP contribution >= 0.6 is 27.3 Å². The van der Waals surface area contributed by atoms with E-state index in [9.17, 15) is 9.90 Å². The topological polar surface area (TPSA) is 61.4 Å². The van der Waals surface area contributed by atoms with Gasteiger partial charge in [0.15, 0.2) is 0 Å². The van der Waals surface area contributed by atoms with Crippen molar-refractivity contribution >= 4 is 38.9 Å². The predicted molar refractivity (Wildman–Crippen MR) is 79.8 cm³/mol. The zero-order valence-corrected chi connectivity index (χ0v) is 12.2. The summed E-state index contributed by atoms with van der Waals surface area (Å²) in [6.07, 6.45) is 0. The van der Waals surface area contributed by atoms with Crippen LogP contribution < -0.4 is 10.9 Å². The lowest BCUT2D eigenvalue weighted by Gasteiger charge is -2.10. The van der Waals surface area contributed by atoms with Gasteiger partial charge in [-0.15, -0.1) is 11.3 Å². The second-order valence-electron chi connectivity index (χ2n) is 3.70. The zero-order valence-electron chi connectivity index (χ0n) is 9.81. The Hall–Kier alpha value is -1.79. The molecule has 0 bridgehead atoms. The Kier molecular flexibility index (Phi) is 4.24. The summed E-state index contributed by atoms with van der Waals surface area (Å²) in [5.41, 5.74) is 5.99. The summed E-state index contributed by atoms with van der Waals surface area (Å²) in [6, 6.07) is 8.44. The molecule has 4 nitrogen and oxygen atoms in total. The van der Waals surface area contributed by atoms with Crippen molar-refractivity contribution in [3.05, 3.63) is 57.2 Å². The van der Waals surface area contributed by atoms with Crippen molar-refractivity contribution in [2.75, 3.05) is 0 Å². The molecule has 19 heavy (non-hydrogen) atoms. The molecule has 2 aromatic rings. The van der Waals surface area contributed by atoms with E-state index in [4.69, 9.17) is 0 Å². The summed E-state index contributed by atoms with van der Waals surface area (Å²) >= 11 is 4.76. The van der Waals surface area contributed by atoms with Crippen molar-refractivity contribution in [2.24, 2.45) is 0 Å². The molecular formula is C13H11BrN2O2S. The standard InChI is InChI=1S/C13H11BrN2O2S/c1-8(12-3-2-6-19-12)15-16-13(18)10-7-9(14)4-5-11(10)17/h2-7,15,17H,1H2,(H,16,18). The van der Waals surface area contributed by atoms with E-state index in [0.717, 1.165) is 4.88 Å². The summed E-state index contributed by atoms with van der Waals surface area (Å²) in [5, 5.41) is 11.5. The van der Waals surface area contributed by atoms with Crippen LogP contribution in [0.5, 0.6) is 5.75 Å². The molecule has 0 aliphatic rings. The molecule has 0 aliphatic carbocycles. The highest BCUT2D eigenvalue weighted by Crippen LogP contribution is 2.21. The van der Waals surface area contributed by atoms with E-state index in [1.807, 2.05) is 17.5 Å². The fraction of sp³-hybridized carbons (Fsp3) is 0. The molecule has 0 radical (unpaired) electrons. The van der Waals surface area contributed by atoms with Crippen LogP contribution in [-0.4, -0.2) is 11.0 Å². The fourth-order valence-corrected chi connectivity index (χ4v) is 2.42. The van der Waals surface area contributed by atoms with Gasteiger partial charge in [0.25, 0.3) is 5.91 Å². The van der Waals surface area contributed by atoms with Crippen LogP contribution in [-0.2, 0) is 0 Å². The molecule has 98 valence electrons. The van der Waals surface area contributed by atoms with Crippen molar-refractivity contribution in [1.29, 1.82) is 0 Å². The minimum Gasteiger partial charge on any atom is -0.507 e. The highest BCUT2D eigenvalue weighted by atomic mass is 79.9. The maximum Gasteiger partial charge on any atom is 0.273 e. The van der Waals surface area contributed by atoms with Gasteiger partial charge in [-0.2, -0.15) is 0 Å². The van der Waals surface area contributed by atoms with Gasteiger partial charge in [-0.25, -0.2) is 0 Å². The lowest BCUT2D eigenvalue weighted by Crippen LogP contribution is -2.35. The summed E-state index contributed by atoms with van der Waals surface area (Å²) in [6.45, 7) is 3.82. The van der Waals surface area contributed by atoms with E-state index in [-0.39, 0.29) is 11.3 Å². The van der Waals surface area contributed by atoms with Gasteiger partial charge in [0.2, 0.25) is 0 Å². The third-order valence-corrected chi connectivity index (χ3v) is 3.77. The Morgan fingerprint density at radius 2 is 2.11 bits per heavy atom. The number of amides is 1. The first-order valence-corrected chi connectivity index (χ1v) is 7.03. The number of aromatic hydroxyl groups is 1. The number of carbonyl (C=O) groups excluding carboxylic acids is 1. The van der Waals surface area contributed by atoms with E-state index < -0.39 is 5.91 Å². The van der Waals surface area contributed by atoms with E-state index >= 15 is 0 Å². The SMILES string of the molecule is C=C(NNC(=O)c1cc(Br)ccc1O)c1cccs1. The average Bonchev–Trinajstić information content (AvgIpc) is 2.92. The quantitative estimate of drug-likeness (QED) is 0.750. The summed E-state index contributed by atoms with van der Waals surface area (Å²) in [4.78, 5) is 12.8. The van der Waals surface area contributed by atoms with Gasteiger partial charge in [-0.05, 0) is 29.6 Å². The maximum atomic E-state index is 11.9. The van der Waals surface area contributed by atoms with E-state index in [2.05, 4.69) is 33.4 Å². The lowest BCUT2D eigenvalue weighted by molar-refractivity contribution is 0.0940. The molecule has 2 rings (SSSR count). The third kappa shape index (κ3) is 3.36. The summed E-state index contributed by atoms with van der Waals surface area (Å²) < 4.78 is 0.715. The van der Waals surface area contributed by atoms with Crippen LogP contribution in [0.4, 0.5) is 0 Å². The molecule has 0 atom stereocenters. The zero-order chi connectivity index (χ0) is 13.8. The average molecular weight is 339 g/mol. The Morgan fingerprint density at radius 1 is 1.32 bits per heavy atom. The molecule has 0 unspecified atom stereocenters. The van der Waals surface area contributed by atoms with E-state index in [1.165, 1.54) is 17.4 Å². The van der Waals surface area contributed by atoms with E-state index in [0.29, 0.717) is 10.2 Å². The van der Waals surface area contributed by atoms with Crippen LogP contribution in [0.25, 0.3) is 5.70 Å². The minimum absolute atomic E-state index is 0.0794. The minimum atomic E-state index is -0.434. The fourth-order valence-electron chi connectivity index (χ4n) is 1.40. The predicted octanol–water partition coefficient (Wildman–Crippen LogP) is 3.12. The van der Waals surface area contributed by atoms with Crippen LogP contribution in [0.15, 0.2) is 46.8 Å². The molecule has 0 fully saturated rings. The second-order valence-corrected chi connectivity index (χ2v) is 5.56. The normalized spacial score (nSPS) is 9.95. The van der Waals surface area contributed by atoms with E-state index in [1.54, 1.807) is 12.1 Å². The summed E-state index contributed by atoms with van der Waals surface area (Å²) in [7, 11) is 0. The van der Waals surface area contributed by atoms with Crippen LogP contribution in [0.3, 0.4) is 0 Å². The monoisotopic (exact) mass is 338 g/mol. The lowest BCUT2D eigenvalue weighted by atomic mass is 10.2. The smallest absolute Gasteiger partial charge is 0.273 e. The highest BCUT2D eigenvalue weighted by molar-refractivity contribution is 9.10. The first-order chi connectivity index (χ1) is 9.08. The number of phenolic OH excluding ortho intramolecular Hbond substituents is 1. The van der Waals surface area contributed by atoms with Crippen molar-refractivity contribution in [3.63, 3.8) is 0 Å². The van der Waals surface area contributed by atoms with Crippen molar-refractivity contribution in [2.45, 2.75) is 0 Å². The number of hydrogen-bond acceptors (Lipinski definition) is 4. The number of benzene rings is 1. The van der Waals surface area contributed by atoms with Crippen molar-refractivity contribution in [3.8, 4) is 5.75 Å². The largest absolute Gasteiger partial charge is 0.507 e. The van der Waals surface area contributed by atoms with Gasteiger partial charge < -0.3 is 5.11 Å². The number of phenols is 1. The van der Waals surface area contributed by atoms with Crippen molar-refractivity contribution < 1.29 is 9.90 Å². The number of halogens is 1. The van der Waals surface area contributed by atoms with Gasteiger partial charge in [-0.3, -0.25) is 15.6 Å². The molecule has 0 spiro atoms. The first kappa shape index (κ1) is 13.6. The molecule has 6 heteroatoms. The molecule has 1 aromatic carbocycles. The molecule has 1 amide bonds. The van der Waals surface area contributed by atoms with Gasteiger partial charge in [0, 0.05) is 4.47 Å². The Labute approximate surface area is 122 Å². The van der Waals surface area contributed by atoms with Crippen LogP contribution in [0.1, 0.15) is 15.2 Å². The molecular weight excluding hydrogens is 328 g/mol. The molecule has 3 N–H and O–H groups in total. The molecule has 0 saturated carbocycles. The van der Waals surface area contributed by atoms with Crippen molar-refractivity contribution in [1.82, 2.24) is 10.9 Å². The number of hydrazine groups is 1. The van der Waals surface area contributed by atoms with Gasteiger partial charge >= 0.3 is 0 Å². The molecule has 0 saturated heterocycles. The number of hydrogen-bond donors (Lipinski definition) is 3. The maximum absolute atomic E-state index is 11.9. The number of thiophene rings is 1. The number of rotatable bonds is 4. The third-order valence-electron chi connectivity index (χ3n) is 2.35. The first-order valence-electron chi connectivity index (χ1n) is 5.35. The van der Waals surface area contributed by atoms with Gasteiger partial charge in [0.1, 0.15) is 5.75 Å². The Bertz CT molecular complexity index is 611. The van der Waals surface area contributed by atoms with Crippen LogP contribution in [0.2, 0.25) is 0 Å². The Balaban J connectivity index is 2.02. The molecule has 1 aromatic heterocycles. The number of carbonyl (C=O) groups is 1. The number of nitrogens with one attached hydrogen (secondary N) is 2. The Morgan fingerprint density at radius 3 is 2.79 bits per heavy atom. The highest BCUT2D eigenvalue weighted by Gasteiger charge is 2.11. The van der Waals surface area contributed by atoms with Gasteiger partial charge in [0.05, 0.1) is 16.1 Å². The van der Waals surface area contributed by atoms with Crippen LogP contribution in [0, 0.1) is 0 Å². The second kappa shape index (κ2) is 5.90. The molecule has 1 heterocycles. The summed E-state index contributed by atoms with van der Waals surface area (Å²) in [5.74, 6) is -0.513. The molecule has 0 aliphatic heterocycles.